The lowest BCUT2D eigenvalue weighted by Gasteiger charge is -2.33. The highest BCUT2D eigenvalue weighted by molar-refractivity contribution is 8.16. The summed E-state index contributed by atoms with van der Waals surface area (Å²) in [4.78, 5) is 19.4. The molecule has 0 aromatic heterocycles. The summed E-state index contributed by atoms with van der Waals surface area (Å²) in [6.07, 6.45) is 1.88. The number of nitriles is 1. The summed E-state index contributed by atoms with van der Waals surface area (Å²) in [5, 5.41) is 12.3. The van der Waals surface area contributed by atoms with Gasteiger partial charge >= 0.3 is 5.97 Å². The number of halogens is 1. The molecule has 9 heteroatoms. The van der Waals surface area contributed by atoms with E-state index in [9.17, 15) is 10.1 Å². The highest BCUT2D eigenvalue weighted by Gasteiger charge is 2.38. The third-order valence-electron chi connectivity index (χ3n) is 5.39. The molecule has 0 amide bonds. The number of esters is 1. The van der Waals surface area contributed by atoms with Crippen LogP contribution in [0, 0.1) is 11.3 Å². The summed E-state index contributed by atoms with van der Waals surface area (Å²) >= 11 is 8.14. The monoisotopic (exact) mass is 495 g/mol. The molecule has 0 radical (unpaired) electrons. The van der Waals surface area contributed by atoms with Crippen molar-refractivity contribution in [1.82, 2.24) is 4.90 Å². The number of allylic oxidation sites excluding steroid dienone is 1. The number of fused-ring (bicyclic) bond motifs is 1. The van der Waals surface area contributed by atoms with E-state index >= 15 is 0 Å². The van der Waals surface area contributed by atoms with Crippen LogP contribution in [0.25, 0.3) is 0 Å². The topological polar surface area (TPSA) is 84.1 Å². The Labute approximate surface area is 207 Å². The second-order valence-corrected chi connectivity index (χ2v) is 8.70. The number of rotatable bonds is 7. The van der Waals surface area contributed by atoms with Crippen molar-refractivity contribution in [2.75, 3.05) is 13.7 Å². The Morgan fingerprint density at radius 2 is 2.12 bits per heavy atom. The van der Waals surface area contributed by atoms with Crippen molar-refractivity contribution in [3.8, 4) is 17.6 Å². The fraction of sp³-hybridized carbons (Fsp3) is 0.240. The smallest absolute Gasteiger partial charge is 0.338 e. The summed E-state index contributed by atoms with van der Waals surface area (Å²) in [5.74, 6) is 0.342. The van der Waals surface area contributed by atoms with Crippen molar-refractivity contribution in [3.05, 3.63) is 81.0 Å². The minimum absolute atomic E-state index is 0.151. The van der Waals surface area contributed by atoms with E-state index in [1.165, 1.54) is 18.9 Å². The normalized spacial score (nSPS) is 16.6. The van der Waals surface area contributed by atoms with E-state index < -0.39 is 12.0 Å². The molecule has 1 atom stereocenters. The molecule has 7 nitrogen and oxygen atoms in total. The van der Waals surface area contributed by atoms with Crippen LogP contribution in [0.4, 0.5) is 0 Å². The molecule has 2 aromatic carbocycles. The molecule has 0 aliphatic carbocycles. The zero-order valence-electron chi connectivity index (χ0n) is 18.9. The van der Waals surface area contributed by atoms with Gasteiger partial charge in [-0.15, -0.1) is 0 Å². The molecule has 0 bridgehead atoms. The van der Waals surface area contributed by atoms with Gasteiger partial charge in [0.1, 0.15) is 6.61 Å². The quantitative estimate of drug-likeness (QED) is 0.464. The number of methoxy groups -OCH3 is 1. The number of hydrogen-bond acceptors (Lipinski definition) is 8. The molecular weight excluding hydrogens is 474 g/mol. The van der Waals surface area contributed by atoms with E-state index in [1.54, 1.807) is 38.1 Å². The van der Waals surface area contributed by atoms with Gasteiger partial charge in [-0.3, -0.25) is 0 Å². The molecule has 0 unspecified atom stereocenters. The molecule has 0 fully saturated rings. The maximum Gasteiger partial charge on any atom is 0.338 e. The molecule has 2 heterocycles. The van der Waals surface area contributed by atoms with Crippen LogP contribution in [0.5, 0.6) is 11.5 Å². The third kappa shape index (κ3) is 4.49. The summed E-state index contributed by atoms with van der Waals surface area (Å²) in [7, 11) is 1.53. The first-order valence-corrected chi connectivity index (χ1v) is 11.8. The van der Waals surface area contributed by atoms with Crippen LogP contribution in [0.3, 0.4) is 0 Å². The Bertz CT molecular complexity index is 1270. The van der Waals surface area contributed by atoms with Gasteiger partial charge in [-0.1, -0.05) is 41.6 Å². The lowest BCUT2D eigenvalue weighted by atomic mass is 9.94. The van der Waals surface area contributed by atoms with Gasteiger partial charge in [0.15, 0.2) is 16.7 Å². The molecule has 2 aliphatic heterocycles. The standard InChI is InChI=1S/C25H22ClN3O4S/c1-4-32-24(30)21-15(2)28-25-29(9-10-34-25)22(21)18-11-19(26)23(20(12-18)31-3)33-14-17-8-6-5-7-16(17)13-27/h5-12,22H,4,14H2,1-3H3/t22-/m1/s1. The number of ether oxygens (including phenoxy) is 3. The van der Waals surface area contributed by atoms with E-state index in [4.69, 9.17) is 25.8 Å². The largest absolute Gasteiger partial charge is 0.493 e. The van der Waals surface area contributed by atoms with Crippen LogP contribution in [0.1, 0.15) is 36.6 Å². The average Bonchev–Trinajstić information content (AvgIpc) is 3.30. The number of aliphatic imine (C=N–C) groups is 1. The molecule has 0 N–H and O–H groups in total. The van der Waals surface area contributed by atoms with E-state index in [1.807, 2.05) is 28.6 Å². The van der Waals surface area contributed by atoms with Gasteiger partial charge in [-0.2, -0.15) is 5.26 Å². The van der Waals surface area contributed by atoms with E-state index in [-0.39, 0.29) is 13.2 Å². The summed E-state index contributed by atoms with van der Waals surface area (Å²) in [6.45, 7) is 3.97. The molecular formula is C25H22ClN3O4S. The zero-order valence-corrected chi connectivity index (χ0v) is 20.4. The van der Waals surface area contributed by atoms with E-state index in [2.05, 4.69) is 11.1 Å². The Hall–Kier alpha value is -3.41. The Morgan fingerprint density at radius 3 is 2.85 bits per heavy atom. The number of amidine groups is 1. The molecule has 0 spiro atoms. The molecule has 0 saturated carbocycles. The summed E-state index contributed by atoms with van der Waals surface area (Å²) < 4.78 is 16.9. The maximum atomic E-state index is 12.9. The number of nitrogens with zero attached hydrogens (tertiary/aromatic N) is 3. The second kappa shape index (κ2) is 10.2. The first-order valence-electron chi connectivity index (χ1n) is 10.5. The van der Waals surface area contributed by atoms with Crippen molar-refractivity contribution < 1.29 is 19.0 Å². The van der Waals surface area contributed by atoms with Gasteiger partial charge in [-0.25, -0.2) is 9.79 Å². The van der Waals surface area contributed by atoms with Gasteiger partial charge in [0.25, 0.3) is 0 Å². The van der Waals surface area contributed by atoms with Crippen molar-refractivity contribution >= 4 is 34.5 Å². The van der Waals surface area contributed by atoms with Crippen molar-refractivity contribution in [2.45, 2.75) is 26.5 Å². The van der Waals surface area contributed by atoms with Crippen molar-refractivity contribution in [3.63, 3.8) is 0 Å². The highest BCUT2D eigenvalue weighted by Crippen LogP contribution is 2.45. The molecule has 2 aromatic rings. The number of carbonyl (C=O) groups is 1. The minimum atomic E-state index is -0.488. The second-order valence-electron chi connectivity index (χ2n) is 7.42. The Morgan fingerprint density at radius 1 is 1.32 bits per heavy atom. The molecule has 2 aliphatic rings. The number of thioether (sulfide) groups is 1. The zero-order chi connectivity index (χ0) is 24.2. The van der Waals surface area contributed by atoms with Crippen molar-refractivity contribution in [1.29, 1.82) is 5.26 Å². The summed E-state index contributed by atoms with van der Waals surface area (Å²) in [6, 6.07) is 12.4. The van der Waals surface area contributed by atoms with Gasteiger partial charge in [0, 0.05) is 11.8 Å². The van der Waals surface area contributed by atoms with Crippen LogP contribution < -0.4 is 9.47 Å². The summed E-state index contributed by atoms with van der Waals surface area (Å²) in [5.41, 5.74) is 3.03. The SMILES string of the molecule is CCOC(=O)C1=C(C)N=C2SC=CN2[C@@H]1c1cc(Cl)c(OCc2ccccc2C#N)c(OC)c1. The Kier molecular flexibility index (Phi) is 7.15. The minimum Gasteiger partial charge on any atom is -0.493 e. The average molecular weight is 496 g/mol. The third-order valence-corrected chi connectivity index (χ3v) is 6.44. The number of hydrogen-bond donors (Lipinski definition) is 0. The lowest BCUT2D eigenvalue weighted by molar-refractivity contribution is -0.139. The fourth-order valence-corrected chi connectivity index (χ4v) is 4.91. The number of benzene rings is 2. The van der Waals surface area contributed by atoms with Crippen molar-refractivity contribution in [2.24, 2.45) is 4.99 Å². The molecule has 174 valence electrons. The van der Waals surface area contributed by atoms with Crippen LogP contribution in [-0.2, 0) is 16.1 Å². The first kappa shape index (κ1) is 23.7. The Balaban J connectivity index is 1.72. The highest BCUT2D eigenvalue weighted by atomic mass is 35.5. The van der Waals surface area contributed by atoms with Gasteiger partial charge in [0.05, 0.1) is 47.7 Å². The van der Waals surface area contributed by atoms with E-state index in [0.29, 0.717) is 33.4 Å². The van der Waals surface area contributed by atoms with Crippen LogP contribution in [-0.4, -0.2) is 29.8 Å². The van der Waals surface area contributed by atoms with Gasteiger partial charge in [-0.05, 0) is 43.0 Å². The van der Waals surface area contributed by atoms with Gasteiger partial charge in [0.2, 0.25) is 0 Å². The van der Waals surface area contributed by atoms with Crippen LogP contribution >= 0.6 is 23.4 Å². The van der Waals surface area contributed by atoms with E-state index in [0.717, 1.165) is 16.3 Å². The lowest BCUT2D eigenvalue weighted by Crippen LogP contribution is -2.34. The molecule has 4 rings (SSSR count). The molecule has 0 saturated heterocycles. The number of carbonyl (C=O) groups excluding carboxylic acids is 1. The van der Waals surface area contributed by atoms with Crippen LogP contribution in [0.15, 0.2) is 64.3 Å². The van der Waals surface area contributed by atoms with Gasteiger partial charge < -0.3 is 19.1 Å². The fourth-order valence-electron chi connectivity index (χ4n) is 3.84. The van der Waals surface area contributed by atoms with Crippen LogP contribution in [0.2, 0.25) is 5.02 Å². The molecule has 34 heavy (non-hydrogen) atoms. The predicted molar refractivity (Wildman–Crippen MR) is 132 cm³/mol. The maximum absolute atomic E-state index is 12.9. The predicted octanol–water partition coefficient (Wildman–Crippen LogP) is 5.57. The first-order chi connectivity index (χ1) is 16.5.